The van der Waals surface area contributed by atoms with Gasteiger partial charge in [0.1, 0.15) is 17.2 Å². The number of carbonyl (C=O) groups is 5. The highest BCUT2D eigenvalue weighted by atomic mass is 32.2. The molecule has 16 nitrogen and oxygen atoms in total. The van der Waals surface area contributed by atoms with Gasteiger partial charge in [0.2, 0.25) is 0 Å². The van der Waals surface area contributed by atoms with Gasteiger partial charge in [-0.05, 0) is 95.8 Å². The Bertz CT molecular complexity index is 1680. The number of anilines is 1. The number of nitrogens with one attached hydrogen (secondary N) is 2. The maximum atomic E-state index is 13.4. The van der Waals surface area contributed by atoms with E-state index in [0.29, 0.717) is 24.1 Å². The van der Waals surface area contributed by atoms with Crippen LogP contribution in [0.25, 0.3) is 0 Å². The lowest BCUT2D eigenvalue weighted by Gasteiger charge is -2.28. The second-order valence-corrected chi connectivity index (χ2v) is 14.3. The topological polar surface area (TPSA) is 224 Å². The lowest BCUT2D eigenvalue weighted by atomic mass is 10.0. The van der Waals surface area contributed by atoms with Crippen molar-refractivity contribution in [2.24, 2.45) is 0 Å². The molecule has 0 radical (unpaired) electrons. The molecule has 0 saturated carbocycles. The number of amides is 2. The predicted octanol–water partition coefficient (Wildman–Crippen LogP) is 4.08. The summed E-state index contributed by atoms with van der Waals surface area (Å²) in [5.41, 5.74) is -0.645. The number of ether oxygens (including phenoxy) is 4. The minimum Gasteiger partial charge on any atom is -0.490 e. The smallest absolute Gasteiger partial charge is 0.425 e. The van der Waals surface area contributed by atoms with Crippen LogP contribution in [0.15, 0.2) is 36.4 Å². The van der Waals surface area contributed by atoms with Crippen LogP contribution >= 0.6 is 0 Å². The van der Waals surface area contributed by atoms with Crippen LogP contribution in [-0.4, -0.2) is 76.9 Å². The molecular weight excluding hydrogens is 654 g/mol. The monoisotopic (exact) mass is 693 g/mol. The molecule has 3 rings (SSSR count). The maximum Gasteiger partial charge on any atom is 0.425 e. The van der Waals surface area contributed by atoms with Crippen LogP contribution in [0.5, 0.6) is 11.5 Å². The number of aliphatic carboxylic acids is 2. The second kappa shape index (κ2) is 14.9. The highest BCUT2D eigenvalue weighted by Gasteiger charge is 2.36. The predicted molar refractivity (Wildman–Crippen MR) is 169 cm³/mol. The van der Waals surface area contributed by atoms with E-state index < -0.39 is 70.5 Å². The summed E-state index contributed by atoms with van der Waals surface area (Å²) >= 11 is 0. The normalized spacial score (nSPS) is 14.2. The lowest BCUT2D eigenvalue weighted by molar-refractivity contribution is -0.145. The van der Waals surface area contributed by atoms with E-state index in [-0.39, 0.29) is 33.5 Å². The summed E-state index contributed by atoms with van der Waals surface area (Å²) in [6.07, 6.45) is -2.30. The van der Waals surface area contributed by atoms with Gasteiger partial charge in [-0.1, -0.05) is 6.07 Å². The molecule has 1 heterocycles. The summed E-state index contributed by atoms with van der Waals surface area (Å²) in [6.45, 7) is 9.07. The number of carbonyl (C=O) groups excluding carboxylic acids is 3. The van der Waals surface area contributed by atoms with Crippen molar-refractivity contribution in [1.82, 2.24) is 9.03 Å². The number of esters is 1. The third-order valence-electron chi connectivity index (χ3n) is 6.21. The van der Waals surface area contributed by atoms with Gasteiger partial charge in [0, 0.05) is 5.69 Å². The molecule has 1 atom stereocenters. The minimum absolute atomic E-state index is 0.0979. The van der Waals surface area contributed by atoms with E-state index in [4.69, 9.17) is 24.1 Å². The van der Waals surface area contributed by atoms with E-state index in [2.05, 4.69) is 5.32 Å². The zero-order chi connectivity index (χ0) is 36.0. The van der Waals surface area contributed by atoms with E-state index >= 15 is 0 Å². The Kier molecular flexibility index (Phi) is 11.7. The molecule has 1 unspecified atom stereocenters. The molecular formula is C31H39N3O13S. The van der Waals surface area contributed by atoms with Crippen molar-refractivity contribution < 1.29 is 61.6 Å². The van der Waals surface area contributed by atoms with Gasteiger partial charge in [0.15, 0.2) is 11.5 Å². The summed E-state index contributed by atoms with van der Waals surface area (Å²) in [7, 11) is -5.01. The average Bonchev–Trinajstić information content (AvgIpc) is 2.91. The zero-order valence-electron chi connectivity index (χ0n) is 27.3. The molecule has 0 bridgehead atoms. The van der Waals surface area contributed by atoms with Crippen molar-refractivity contribution in [3.05, 3.63) is 53.1 Å². The van der Waals surface area contributed by atoms with Crippen LogP contribution in [0, 0.1) is 0 Å². The van der Waals surface area contributed by atoms with Gasteiger partial charge >= 0.3 is 40.3 Å². The largest absolute Gasteiger partial charge is 0.490 e. The molecule has 2 aromatic carbocycles. The maximum absolute atomic E-state index is 13.4. The first-order chi connectivity index (χ1) is 22.1. The minimum atomic E-state index is -5.01. The molecule has 2 aromatic rings. The van der Waals surface area contributed by atoms with Crippen molar-refractivity contribution >= 4 is 46.0 Å². The number of carboxylic acid groups (broad SMARTS) is 2. The standard InChI is InChI=1S/C31H39N3O13S/c1-30(2,3)46-28(40)32-20-10-11-21-19(15-20)8-7-13-44-23-12-9-18(14-24(23)45-27(21)39)17-34(29(41)47-31(4,5)6)48(42,43)33-22(26(37)38)16-25(35)36/h9-12,14-15,22,33H,7-8,13,16-17H2,1-6H3,(H,32,40)(H,35,36)(H,37,38). The van der Waals surface area contributed by atoms with Crippen LogP contribution in [0.1, 0.15) is 75.9 Å². The van der Waals surface area contributed by atoms with Crippen molar-refractivity contribution in [1.29, 1.82) is 0 Å². The van der Waals surface area contributed by atoms with Crippen LogP contribution in [0.3, 0.4) is 0 Å². The molecule has 0 spiro atoms. The third-order valence-corrected chi connectivity index (χ3v) is 7.65. The Morgan fingerprint density at radius 3 is 2.23 bits per heavy atom. The lowest BCUT2D eigenvalue weighted by Crippen LogP contribution is -2.51. The van der Waals surface area contributed by atoms with Crippen molar-refractivity contribution in [2.75, 3.05) is 11.9 Å². The van der Waals surface area contributed by atoms with E-state index in [0.717, 1.165) is 0 Å². The van der Waals surface area contributed by atoms with E-state index in [1.165, 1.54) is 51.1 Å². The summed E-state index contributed by atoms with van der Waals surface area (Å²) < 4.78 is 50.5. The molecule has 48 heavy (non-hydrogen) atoms. The van der Waals surface area contributed by atoms with Gasteiger partial charge in [-0.3, -0.25) is 14.9 Å². The molecule has 4 N–H and O–H groups in total. The van der Waals surface area contributed by atoms with Crippen LogP contribution in [-0.2, 0) is 42.2 Å². The molecule has 0 fully saturated rings. The third kappa shape index (κ3) is 11.1. The van der Waals surface area contributed by atoms with Gasteiger partial charge in [-0.2, -0.15) is 17.4 Å². The quantitative estimate of drug-likeness (QED) is 0.215. The second-order valence-electron chi connectivity index (χ2n) is 12.7. The molecule has 1 aliphatic heterocycles. The first kappa shape index (κ1) is 37.6. The zero-order valence-corrected chi connectivity index (χ0v) is 28.1. The molecule has 17 heteroatoms. The van der Waals surface area contributed by atoms with Crippen LogP contribution in [0.4, 0.5) is 15.3 Å². The Morgan fingerprint density at radius 2 is 1.62 bits per heavy atom. The van der Waals surface area contributed by atoms with E-state index in [9.17, 15) is 37.5 Å². The summed E-state index contributed by atoms with van der Waals surface area (Å²) in [6, 6.07) is 6.59. The SMILES string of the molecule is CC(C)(C)OC(=O)Nc1ccc2c(c1)CCCOc1ccc(CN(C(=O)OC(C)(C)C)S(=O)(=O)NC(CC(=O)O)C(=O)O)cc1OC2=O. The fourth-order valence-electron chi connectivity index (χ4n) is 4.27. The number of nitrogens with zero attached hydrogens (tertiary/aromatic N) is 1. The number of hydrogen-bond acceptors (Lipinski definition) is 11. The van der Waals surface area contributed by atoms with Crippen molar-refractivity contribution in [3.8, 4) is 11.5 Å². The molecule has 0 aliphatic carbocycles. The number of aryl methyl sites for hydroxylation is 1. The molecule has 2 amide bonds. The molecule has 262 valence electrons. The van der Waals surface area contributed by atoms with Gasteiger partial charge in [0.25, 0.3) is 0 Å². The van der Waals surface area contributed by atoms with Gasteiger partial charge < -0.3 is 29.2 Å². The number of carboxylic acids is 2. The fraction of sp³-hybridized carbons (Fsp3) is 0.452. The summed E-state index contributed by atoms with van der Waals surface area (Å²) in [5.74, 6) is -4.12. The average molecular weight is 694 g/mol. The first-order valence-corrected chi connectivity index (χ1v) is 16.2. The Balaban J connectivity index is 1.94. The fourth-order valence-corrected chi connectivity index (χ4v) is 5.50. The van der Waals surface area contributed by atoms with Crippen molar-refractivity contribution in [2.45, 2.75) is 84.6 Å². The van der Waals surface area contributed by atoms with Crippen LogP contribution in [0.2, 0.25) is 0 Å². The van der Waals surface area contributed by atoms with Gasteiger partial charge in [0.05, 0.1) is 25.1 Å². The Hall–Kier alpha value is -4.90. The highest BCUT2D eigenvalue weighted by molar-refractivity contribution is 7.87. The number of rotatable bonds is 9. The summed E-state index contributed by atoms with van der Waals surface area (Å²) in [4.78, 5) is 61.4. The van der Waals surface area contributed by atoms with E-state index in [1.807, 2.05) is 0 Å². The number of fused-ring (bicyclic) bond motifs is 2. The number of hydrogen-bond donors (Lipinski definition) is 4. The summed E-state index contributed by atoms with van der Waals surface area (Å²) in [5, 5.41) is 21.1. The highest BCUT2D eigenvalue weighted by Crippen LogP contribution is 2.32. The number of benzene rings is 2. The Labute approximate surface area is 277 Å². The van der Waals surface area contributed by atoms with Crippen LogP contribution < -0.4 is 19.5 Å². The van der Waals surface area contributed by atoms with Crippen molar-refractivity contribution in [3.63, 3.8) is 0 Å². The Morgan fingerprint density at radius 1 is 0.958 bits per heavy atom. The molecule has 1 aliphatic rings. The molecule has 0 saturated heterocycles. The van der Waals surface area contributed by atoms with E-state index in [1.54, 1.807) is 31.6 Å². The van der Waals surface area contributed by atoms with Gasteiger partial charge in [-0.15, -0.1) is 0 Å². The molecule has 0 aromatic heterocycles. The first-order valence-electron chi connectivity index (χ1n) is 14.7. The van der Waals surface area contributed by atoms with Gasteiger partial charge in [-0.25, -0.2) is 14.4 Å².